The Morgan fingerprint density at radius 3 is 2.61 bits per heavy atom. The Labute approximate surface area is 195 Å². The van der Waals surface area contributed by atoms with Crippen molar-refractivity contribution in [1.82, 2.24) is 15.1 Å². The van der Waals surface area contributed by atoms with Crippen molar-refractivity contribution in [3.63, 3.8) is 0 Å². The van der Waals surface area contributed by atoms with Gasteiger partial charge in [0.05, 0.1) is 0 Å². The monoisotopic (exact) mass is 453 g/mol. The molecule has 7 heteroatoms. The second-order valence-electron chi connectivity index (χ2n) is 10.2. The molecule has 3 heterocycles. The zero-order chi connectivity index (χ0) is 22.8. The molecular formula is C26H35N3O4. The smallest absolute Gasteiger partial charge is 0.255 e. The van der Waals surface area contributed by atoms with Gasteiger partial charge in [-0.25, -0.2) is 0 Å². The molecule has 5 rings (SSSR count). The summed E-state index contributed by atoms with van der Waals surface area (Å²) in [6, 6.07) is 5.52. The number of hydrogen-bond acceptors (Lipinski definition) is 5. The van der Waals surface area contributed by atoms with Gasteiger partial charge in [0.1, 0.15) is 18.4 Å². The summed E-state index contributed by atoms with van der Waals surface area (Å²) in [6.07, 6.45) is 11.3. The van der Waals surface area contributed by atoms with Crippen LogP contribution in [0.1, 0.15) is 80.1 Å². The van der Waals surface area contributed by atoms with Crippen LogP contribution in [0.15, 0.2) is 18.2 Å². The third-order valence-electron chi connectivity index (χ3n) is 7.90. The van der Waals surface area contributed by atoms with Crippen molar-refractivity contribution in [2.45, 2.75) is 82.8 Å². The number of benzene rings is 1. The second kappa shape index (κ2) is 9.84. The summed E-state index contributed by atoms with van der Waals surface area (Å²) in [7, 11) is 0. The van der Waals surface area contributed by atoms with Crippen molar-refractivity contribution < 1.29 is 19.1 Å². The standard InChI is InChI=1S/C26H35N3O4/c30-24-12-11-23(25(31)27-24)29-16-19-14-21(9-10-22(19)26(29)32)33-17-20-8-4-5-13-28(20)15-18-6-2-1-3-7-18/h9-10,14,18,20,23H,1-8,11-13,15-17H2,(H,27,30,31)/t20-,23?/m1/s1. The number of rotatable bonds is 6. The first-order valence-electron chi connectivity index (χ1n) is 12.7. The number of likely N-dealkylation sites (tertiary alicyclic amines) is 1. The van der Waals surface area contributed by atoms with Crippen LogP contribution in [0, 0.1) is 5.92 Å². The van der Waals surface area contributed by atoms with Crippen LogP contribution in [0.2, 0.25) is 0 Å². The number of hydrogen-bond donors (Lipinski definition) is 1. The maximum absolute atomic E-state index is 12.9. The third-order valence-corrected chi connectivity index (χ3v) is 7.90. The van der Waals surface area contributed by atoms with Gasteiger partial charge in [-0.3, -0.25) is 24.6 Å². The lowest BCUT2D eigenvalue weighted by Crippen LogP contribution is -2.52. The van der Waals surface area contributed by atoms with E-state index in [2.05, 4.69) is 10.2 Å². The van der Waals surface area contributed by atoms with Crippen LogP contribution in [0.3, 0.4) is 0 Å². The number of carbonyl (C=O) groups is 3. The topological polar surface area (TPSA) is 79.0 Å². The normalized spacial score (nSPS) is 26.9. The highest BCUT2D eigenvalue weighted by atomic mass is 16.5. The molecule has 0 aromatic heterocycles. The molecule has 3 fully saturated rings. The fraction of sp³-hybridized carbons (Fsp3) is 0.654. The number of nitrogens with one attached hydrogen (secondary N) is 1. The van der Waals surface area contributed by atoms with Gasteiger partial charge < -0.3 is 9.64 Å². The number of carbonyl (C=O) groups excluding carboxylic acids is 3. The minimum absolute atomic E-state index is 0.142. The molecule has 3 aliphatic heterocycles. The molecule has 2 atom stereocenters. The lowest BCUT2D eigenvalue weighted by atomic mass is 9.88. The molecule has 1 saturated carbocycles. The van der Waals surface area contributed by atoms with E-state index in [0.717, 1.165) is 17.2 Å². The van der Waals surface area contributed by atoms with Crippen molar-refractivity contribution in [1.29, 1.82) is 0 Å². The first-order valence-corrected chi connectivity index (χ1v) is 12.7. The summed E-state index contributed by atoms with van der Waals surface area (Å²) in [5.41, 5.74) is 1.52. The maximum atomic E-state index is 12.9. The largest absolute Gasteiger partial charge is 0.492 e. The SMILES string of the molecule is O=C1CCC(N2Cc3cc(OC[C@H]4CCCCN4CC4CCCCC4)ccc3C2=O)C(=O)N1. The summed E-state index contributed by atoms with van der Waals surface area (Å²) in [5, 5.41) is 2.35. The van der Waals surface area contributed by atoms with Crippen LogP contribution in [0.4, 0.5) is 0 Å². The zero-order valence-corrected chi connectivity index (χ0v) is 19.4. The van der Waals surface area contributed by atoms with Gasteiger partial charge in [-0.1, -0.05) is 25.7 Å². The van der Waals surface area contributed by atoms with Gasteiger partial charge in [-0.15, -0.1) is 0 Å². The van der Waals surface area contributed by atoms with Crippen molar-refractivity contribution in [3.05, 3.63) is 29.3 Å². The van der Waals surface area contributed by atoms with Crippen LogP contribution in [-0.4, -0.2) is 59.3 Å². The highest BCUT2D eigenvalue weighted by Crippen LogP contribution is 2.31. The third kappa shape index (κ3) is 4.93. The van der Waals surface area contributed by atoms with Crippen LogP contribution in [-0.2, 0) is 16.1 Å². The number of imide groups is 1. The molecule has 0 bridgehead atoms. The van der Waals surface area contributed by atoms with Gasteiger partial charge in [-0.05, 0) is 68.3 Å². The number of nitrogens with zero attached hydrogens (tertiary/aromatic N) is 2. The van der Waals surface area contributed by atoms with Crippen LogP contribution >= 0.6 is 0 Å². The molecule has 4 aliphatic rings. The van der Waals surface area contributed by atoms with E-state index in [1.165, 1.54) is 64.5 Å². The van der Waals surface area contributed by atoms with E-state index >= 15 is 0 Å². The predicted octanol–water partition coefficient (Wildman–Crippen LogP) is 3.26. The van der Waals surface area contributed by atoms with E-state index in [4.69, 9.17) is 4.74 Å². The molecule has 3 amide bonds. The molecular weight excluding hydrogens is 418 g/mol. The lowest BCUT2D eigenvalue weighted by molar-refractivity contribution is -0.136. The quantitative estimate of drug-likeness (QED) is 0.669. The van der Waals surface area contributed by atoms with Gasteiger partial charge in [0.25, 0.3) is 5.91 Å². The second-order valence-corrected chi connectivity index (χ2v) is 10.2. The van der Waals surface area contributed by atoms with Gasteiger partial charge in [0.15, 0.2) is 0 Å². The molecule has 0 radical (unpaired) electrons. The fourth-order valence-electron chi connectivity index (χ4n) is 6.02. The Hall–Kier alpha value is -2.41. The van der Waals surface area contributed by atoms with Crippen molar-refractivity contribution in [2.75, 3.05) is 19.7 Å². The minimum Gasteiger partial charge on any atom is -0.492 e. The first kappa shape index (κ1) is 22.4. The molecule has 2 saturated heterocycles. The maximum Gasteiger partial charge on any atom is 0.255 e. The predicted molar refractivity (Wildman–Crippen MR) is 124 cm³/mol. The molecule has 1 N–H and O–H groups in total. The molecule has 178 valence electrons. The van der Waals surface area contributed by atoms with Crippen molar-refractivity contribution in [2.24, 2.45) is 5.92 Å². The molecule has 33 heavy (non-hydrogen) atoms. The Morgan fingerprint density at radius 1 is 0.970 bits per heavy atom. The highest BCUT2D eigenvalue weighted by Gasteiger charge is 2.39. The van der Waals surface area contributed by atoms with Crippen LogP contribution < -0.4 is 10.1 Å². The number of amides is 3. The molecule has 1 aromatic carbocycles. The molecule has 1 unspecified atom stereocenters. The summed E-state index contributed by atoms with van der Waals surface area (Å²) < 4.78 is 6.25. The van der Waals surface area contributed by atoms with E-state index in [1.54, 1.807) is 4.90 Å². The van der Waals surface area contributed by atoms with Gasteiger partial charge >= 0.3 is 0 Å². The van der Waals surface area contributed by atoms with E-state index in [0.29, 0.717) is 31.2 Å². The zero-order valence-electron chi connectivity index (χ0n) is 19.4. The highest BCUT2D eigenvalue weighted by molar-refractivity contribution is 6.05. The number of ether oxygens (including phenoxy) is 1. The first-order chi connectivity index (χ1) is 16.1. The van der Waals surface area contributed by atoms with Crippen molar-refractivity contribution >= 4 is 17.7 Å². The Bertz CT molecular complexity index is 911. The number of fused-ring (bicyclic) bond motifs is 1. The van der Waals surface area contributed by atoms with E-state index in [-0.39, 0.29) is 24.1 Å². The van der Waals surface area contributed by atoms with Crippen LogP contribution in [0.5, 0.6) is 5.75 Å². The van der Waals surface area contributed by atoms with Gasteiger partial charge in [0.2, 0.25) is 11.8 Å². The molecule has 7 nitrogen and oxygen atoms in total. The molecule has 0 spiro atoms. The fourth-order valence-corrected chi connectivity index (χ4v) is 6.02. The lowest BCUT2D eigenvalue weighted by Gasteiger charge is -2.38. The van der Waals surface area contributed by atoms with Crippen molar-refractivity contribution in [3.8, 4) is 5.75 Å². The average molecular weight is 454 g/mol. The van der Waals surface area contributed by atoms with Crippen LogP contribution in [0.25, 0.3) is 0 Å². The Morgan fingerprint density at radius 2 is 1.79 bits per heavy atom. The summed E-state index contributed by atoms with van der Waals surface area (Å²) in [6.45, 7) is 3.43. The minimum atomic E-state index is -0.581. The molecule has 1 aromatic rings. The van der Waals surface area contributed by atoms with Gasteiger partial charge in [0, 0.05) is 31.1 Å². The average Bonchev–Trinajstić information content (AvgIpc) is 3.14. The van der Waals surface area contributed by atoms with E-state index in [9.17, 15) is 14.4 Å². The summed E-state index contributed by atoms with van der Waals surface area (Å²) in [4.78, 5) is 40.8. The van der Waals surface area contributed by atoms with Gasteiger partial charge in [-0.2, -0.15) is 0 Å². The summed E-state index contributed by atoms with van der Waals surface area (Å²) in [5.74, 6) is 0.839. The molecule has 1 aliphatic carbocycles. The summed E-state index contributed by atoms with van der Waals surface area (Å²) >= 11 is 0. The van der Waals surface area contributed by atoms with E-state index in [1.807, 2.05) is 18.2 Å². The Balaban J connectivity index is 1.20. The van der Waals surface area contributed by atoms with E-state index < -0.39 is 6.04 Å². The Kier molecular flexibility index (Phi) is 6.67. The number of piperidine rings is 2.